The van der Waals surface area contributed by atoms with Gasteiger partial charge in [-0.2, -0.15) is 0 Å². The van der Waals surface area contributed by atoms with E-state index < -0.39 is 0 Å². The van der Waals surface area contributed by atoms with Crippen molar-refractivity contribution >= 4 is 17.6 Å². The largest absolute Gasteiger partial charge is 0.339 e. The Labute approximate surface area is 118 Å². The Morgan fingerprint density at radius 1 is 0.950 bits per heavy atom. The summed E-state index contributed by atoms with van der Waals surface area (Å²) in [7, 11) is 0. The van der Waals surface area contributed by atoms with Gasteiger partial charge in [0.15, 0.2) is 0 Å². The Bertz CT molecular complexity index is 536. The molecule has 0 N–H and O–H groups in total. The third-order valence-electron chi connectivity index (χ3n) is 4.11. The number of para-hydroxylation sites is 1. The number of carbonyl (C=O) groups is 2. The van der Waals surface area contributed by atoms with E-state index in [1.807, 2.05) is 28.0 Å². The van der Waals surface area contributed by atoms with E-state index in [9.17, 15) is 9.59 Å². The van der Waals surface area contributed by atoms with Crippen molar-refractivity contribution in [2.75, 3.05) is 37.6 Å². The SMILES string of the molecule is CC(=O)N1CCN(C(=O)N2CCc3ccccc32)CC1. The highest BCUT2D eigenvalue weighted by Gasteiger charge is 2.30. The molecule has 0 aliphatic carbocycles. The van der Waals surface area contributed by atoms with Crippen LogP contribution in [0.25, 0.3) is 0 Å². The van der Waals surface area contributed by atoms with E-state index in [0.29, 0.717) is 26.2 Å². The fraction of sp³-hybridized carbons (Fsp3) is 0.467. The summed E-state index contributed by atoms with van der Waals surface area (Å²) >= 11 is 0. The number of rotatable bonds is 0. The van der Waals surface area contributed by atoms with Gasteiger partial charge < -0.3 is 9.80 Å². The first-order chi connectivity index (χ1) is 9.66. The van der Waals surface area contributed by atoms with Crippen LogP contribution in [-0.4, -0.2) is 54.5 Å². The van der Waals surface area contributed by atoms with Crippen LogP contribution in [0.1, 0.15) is 12.5 Å². The van der Waals surface area contributed by atoms with Crippen molar-refractivity contribution in [3.05, 3.63) is 29.8 Å². The maximum Gasteiger partial charge on any atom is 0.324 e. The van der Waals surface area contributed by atoms with Crippen LogP contribution in [-0.2, 0) is 11.2 Å². The Kier molecular flexibility index (Phi) is 3.34. The molecule has 0 aromatic heterocycles. The van der Waals surface area contributed by atoms with Gasteiger partial charge in [-0.15, -0.1) is 0 Å². The molecule has 1 aromatic carbocycles. The van der Waals surface area contributed by atoms with Crippen LogP contribution < -0.4 is 4.90 Å². The number of fused-ring (bicyclic) bond motifs is 1. The predicted molar refractivity (Wildman–Crippen MR) is 76.7 cm³/mol. The van der Waals surface area contributed by atoms with E-state index in [2.05, 4.69) is 6.07 Å². The van der Waals surface area contributed by atoms with Gasteiger partial charge in [-0.25, -0.2) is 4.79 Å². The Balaban J connectivity index is 1.68. The molecule has 1 saturated heterocycles. The van der Waals surface area contributed by atoms with Crippen molar-refractivity contribution in [2.45, 2.75) is 13.3 Å². The highest BCUT2D eigenvalue weighted by atomic mass is 16.2. The van der Waals surface area contributed by atoms with Gasteiger partial charge in [0.2, 0.25) is 5.91 Å². The maximum absolute atomic E-state index is 12.6. The van der Waals surface area contributed by atoms with Crippen LogP contribution in [0.2, 0.25) is 0 Å². The maximum atomic E-state index is 12.6. The molecule has 2 aliphatic heterocycles. The molecule has 0 bridgehead atoms. The molecule has 0 radical (unpaired) electrons. The predicted octanol–water partition coefficient (Wildman–Crippen LogP) is 1.33. The molecule has 0 saturated carbocycles. The number of nitrogens with zero attached hydrogens (tertiary/aromatic N) is 3. The minimum atomic E-state index is 0.0677. The van der Waals surface area contributed by atoms with E-state index in [0.717, 1.165) is 18.7 Å². The molecule has 5 nitrogen and oxygen atoms in total. The van der Waals surface area contributed by atoms with Gasteiger partial charge >= 0.3 is 6.03 Å². The van der Waals surface area contributed by atoms with Crippen LogP contribution in [0.15, 0.2) is 24.3 Å². The molecular formula is C15H19N3O2. The lowest BCUT2D eigenvalue weighted by Crippen LogP contribution is -2.53. The van der Waals surface area contributed by atoms with Crippen LogP contribution in [0, 0.1) is 0 Å². The van der Waals surface area contributed by atoms with Crippen molar-refractivity contribution in [1.29, 1.82) is 0 Å². The minimum absolute atomic E-state index is 0.0677. The molecule has 2 aliphatic rings. The fourth-order valence-electron chi connectivity index (χ4n) is 2.92. The number of hydrogen-bond acceptors (Lipinski definition) is 2. The summed E-state index contributed by atoms with van der Waals surface area (Å²) in [6, 6.07) is 8.14. The second-order valence-electron chi connectivity index (χ2n) is 5.31. The number of urea groups is 1. The van der Waals surface area contributed by atoms with Gasteiger partial charge in [0.05, 0.1) is 0 Å². The average Bonchev–Trinajstić information content (AvgIpc) is 2.90. The van der Waals surface area contributed by atoms with E-state index in [1.54, 1.807) is 11.8 Å². The smallest absolute Gasteiger partial charge is 0.324 e. The first-order valence-electron chi connectivity index (χ1n) is 7.06. The molecule has 0 spiro atoms. The van der Waals surface area contributed by atoms with Gasteiger partial charge in [0, 0.05) is 45.3 Å². The molecular weight excluding hydrogens is 254 g/mol. The third-order valence-corrected chi connectivity index (χ3v) is 4.11. The number of piperazine rings is 1. The summed E-state index contributed by atoms with van der Waals surface area (Å²) in [5.41, 5.74) is 2.27. The first-order valence-corrected chi connectivity index (χ1v) is 7.06. The number of carbonyl (C=O) groups excluding carboxylic acids is 2. The summed E-state index contributed by atoms with van der Waals surface area (Å²) in [6.07, 6.45) is 0.926. The molecule has 1 aromatic rings. The second-order valence-corrected chi connectivity index (χ2v) is 5.31. The molecule has 0 unspecified atom stereocenters. The fourth-order valence-corrected chi connectivity index (χ4v) is 2.92. The van der Waals surface area contributed by atoms with Crippen LogP contribution in [0.4, 0.5) is 10.5 Å². The van der Waals surface area contributed by atoms with E-state index in [-0.39, 0.29) is 11.9 Å². The zero-order valence-electron chi connectivity index (χ0n) is 11.7. The lowest BCUT2D eigenvalue weighted by atomic mass is 10.2. The average molecular weight is 273 g/mol. The zero-order valence-corrected chi connectivity index (χ0v) is 11.7. The lowest BCUT2D eigenvalue weighted by molar-refractivity contribution is -0.130. The molecule has 106 valence electrons. The summed E-state index contributed by atoms with van der Waals surface area (Å²) in [5, 5.41) is 0. The first kappa shape index (κ1) is 13.0. The summed E-state index contributed by atoms with van der Waals surface area (Å²) in [5.74, 6) is 0.0867. The van der Waals surface area contributed by atoms with E-state index in [4.69, 9.17) is 0 Å². The van der Waals surface area contributed by atoms with Crippen LogP contribution in [0.5, 0.6) is 0 Å². The van der Waals surface area contributed by atoms with Crippen molar-refractivity contribution in [2.24, 2.45) is 0 Å². The van der Waals surface area contributed by atoms with Gasteiger partial charge in [-0.3, -0.25) is 9.69 Å². The molecule has 1 fully saturated rings. The van der Waals surface area contributed by atoms with Gasteiger partial charge in [0.1, 0.15) is 0 Å². The third kappa shape index (κ3) is 2.24. The van der Waals surface area contributed by atoms with Crippen molar-refractivity contribution in [1.82, 2.24) is 9.80 Å². The Morgan fingerprint density at radius 2 is 1.60 bits per heavy atom. The molecule has 3 amide bonds. The van der Waals surface area contributed by atoms with E-state index in [1.165, 1.54) is 5.56 Å². The monoisotopic (exact) mass is 273 g/mol. The second kappa shape index (κ2) is 5.15. The van der Waals surface area contributed by atoms with E-state index >= 15 is 0 Å². The molecule has 3 rings (SSSR count). The molecule has 5 heteroatoms. The van der Waals surface area contributed by atoms with Gasteiger partial charge in [-0.05, 0) is 18.1 Å². The summed E-state index contributed by atoms with van der Waals surface area (Å²) in [4.78, 5) is 29.4. The number of anilines is 1. The number of benzene rings is 1. The van der Waals surface area contributed by atoms with Crippen molar-refractivity contribution in [3.8, 4) is 0 Å². The zero-order chi connectivity index (χ0) is 14.1. The highest BCUT2D eigenvalue weighted by Crippen LogP contribution is 2.28. The van der Waals surface area contributed by atoms with Crippen LogP contribution in [0.3, 0.4) is 0 Å². The molecule has 2 heterocycles. The van der Waals surface area contributed by atoms with Crippen molar-refractivity contribution < 1.29 is 9.59 Å². The normalized spacial score (nSPS) is 18.1. The molecule has 0 atom stereocenters. The standard InChI is InChI=1S/C15H19N3O2/c1-12(19)16-8-10-17(11-9-16)15(20)18-7-6-13-4-2-3-5-14(13)18/h2-5H,6-11H2,1H3. The highest BCUT2D eigenvalue weighted by molar-refractivity contribution is 5.94. The van der Waals surface area contributed by atoms with Crippen LogP contribution >= 0.6 is 0 Å². The number of hydrogen-bond donors (Lipinski definition) is 0. The van der Waals surface area contributed by atoms with Gasteiger partial charge in [-0.1, -0.05) is 18.2 Å². The Hall–Kier alpha value is -2.04. The Morgan fingerprint density at radius 3 is 2.30 bits per heavy atom. The van der Waals surface area contributed by atoms with Crippen molar-refractivity contribution in [3.63, 3.8) is 0 Å². The summed E-state index contributed by atoms with van der Waals surface area (Å²) in [6.45, 7) is 4.85. The molecule has 20 heavy (non-hydrogen) atoms. The van der Waals surface area contributed by atoms with Gasteiger partial charge in [0.25, 0.3) is 0 Å². The minimum Gasteiger partial charge on any atom is -0.339 e. The quantitative estimate of drug-likeness (QED) is 0.716. The number of amides is 3. The topological polar surface area (TPSA) is 43.9 Å². The lowest BCUT2D eigenvalue weighted by Gasteiger charge is -2.36. The summed E-state index contributed by atoms with van der Waals surface area (Å²) < 4.78 is 0.